The van der Waals surface area contributed by atoms with E-state index in [1.807, 2.05) is 42.8 Å². The number of ether oxygens (including phenoxy) is 1. The van der Waals surface area contributed by atoms with Gasteiger partial charge in [0.1, 0.15) is 5.75 Å². The topological polar surface area (TPSA) is 76.5 Å². The van der Waals surface area contributed by atoms with Crippen LogP contribution in [0, 0.1) is 13.8 Å². The predicted octanol–water partition coefficient (Wildman–Crippen LogP) is 4.46. The van der Waals surface area contributed by atoms with E-state index in [-0.39, 0.29) is 18.2 Å². The van der Waals surface area contributed by atoms with Gasteiger partial charge >= 0.3 is 0 Å². The molecular weight excluding hydrogens is 428 g/mol. The van der Waals surface area contributed by atoms with Crippen molar-refractivity contribution >= 4 is 34.8 Å². The molecule has 1 N–H and O–H groups in total. The molecule has 7 nitrogen and oxygen atoms in total. The van der Waals surface area contributed by atoms with Crippen LogP contribution in [0.2, 0.25) is 5.02 Å². The Hall–Kier alpha value is -3.32. The highest BCUT2D eigenvalue weighted by molar-refractivity contribution is 6.30. The lowest BCUT2D eigenvalue weighted by molar-refractivity contribution is -0.117. The van der Waals surface area contributed by atoms with Gasteiger partial charge in [0.2, 0.25) is 11.8 Å². The van der Waals surface area contributed by atoms with E-state index in [1.54, 1.807) is 30.2 Å². The summed E-state index contributed by atoms with van der Waals surface area (Å²) >= 11 is 5.99. The van der Waals surface area contributed by atoms with Gasteiger partial charge in [-0.1, -0.05) is 11.6 Å². The molecule has 32 heavy (non-hydrogen) atoms. The second kappa shape index (κ2) is 9.04. The van der Waals surface area contributed by atoms with Crippen LogP contribution in [-0.2, 0) is 16.0 Å². The van der Waals surface area contributed by atoms with Crippen molar-refractivity contribution in [3.8, 4) is 11.4 Å². The number of methoxy groups -OCH3 is 1. The van der Waals surface area contributed by atoms with E-state index in [0.29, 0.717) is 35.1 Å². The molecule has 2 aromatic carbocycles. The summed E-state index contributed by atoms with van der Waals surface area (Å²) in [4.78, 5) is 26.8. The number of halogens is 1. The lowest BCUT2D eigenvalue weighted by Crippen LogP contribution is -2.24. The first kappa shape index (κ1) is 21.9. The van der Waals surface area contributed by atoms with Gasteiger partial charge in [0.05, 0.1) is 30.6 Å². The number of hydrogen-bond acceptors (Lipinski definition) is 4. The van der Waals surface area contributed by atoms with Gasteiger partial charge in [0.15, 0.2) is 0 Å². The zero-order valence-corrected chi connectivity index (χ0v) is 19.1. The Morgan fingerprint density at radius 2 is 1.94 bits per heavy atom. The van der Waals surface area contributed by atoms with Crippen LogP contribution in [0.25, 0.3) is 5.69 Å². The lowest BCUT2D eigenvalue weighted by atomic mass is 10.1. The molecule has 0 unspecified atom stereocenters. The van der Waals surface area contributed by atoms with Crippen molar-refractivity contribution in [2.24, 2.45) is 0 Å². The van der Waals surface area contributed by atoms with E-state index >= 15 is 0 Å². The summed E-state index contributed by atoms with van der Waals surface area (Å²) in [5.74, 6) is 0.512. The number of carbonyl (C=O) groups is 2. The predicted molar refractivity (Wildman–Crippen MR) is 125 cm³/mol. The van der Waals surface area contributed by atoms with Crippen LogP contribution in [0.15, 0.2) is 42.5 Å². The van der Waals surface area contributed by atoms with Gasteiger partial charge in [-0.2, -0.15) is 5.10 Å². The van der Waals surface area contributed by atoms with Crippen LogP contribution in [-0.4, -0.2) is 35.2 Å². The molecule has 2 amide bonds. The highest BCUT2D eigenvalue weighted by atomic mass is 35.5. The number of amides is 2. The quantitative estimate of drug-likeness (QED) is 0.599. The van der Waals surface area contributed by atoms with Crippen LogP contribution in [0.4, 0.5) is 11.4 Å². The van der Waals surface area contributed by atoms with Crippen LogP contribution < -0.4 is 15.0 Å². The van der Waals surface area contributed by atoms with Crippen molar-refractivity contribution < 1.29 is 14.3 Å². The van der Waals surface area contributed by atoms with E-state index in [9.17, 15) is 9.59 Å². The molecule has 3 aromatic rings. The van der Waals surface area contributed by atoms with Crippen molar-refractivity contribution in [2.45, 2.75) is 33.1 Å². The third kappa shape index (κ3) is 4.34. The molecule has 1 saturated heterocycles. The van der Waals surface area contributed by atoms with E-state index in [4.69, 9.17) is 16.3 Å². The van der Waals surface area contributed by atoms with Gasteiger partial charge in [-0.15, -0.1) is 0 Å². The molecule has 0 aliphatic carbocycles. The van der Waals surface area contributed by atoms with Crippen molar-refractivity contribution in [3.05, 3.63) is 64.4 Å². The summed E-state index contributed by atoms with van der Waals surface area (Å²) in [7, 11) is 1.57. The van der Waals surface area contributed by atoms with Crippen LogP contribution in [0.1, 0.15) is 29.8 Å². The molecule has 1 aliphatic heterocycles. The summed E-state index contributed by atoms with van der Waals surface area (Å²) in [6.07, 6.45) is 1.53. The zero-order chi connectivity index (χ0) is 22.8. The Morgan fingerprint density at radius 3 is 2.59 bits per heavy atom. The molecule has 0 radical (unpaired) electrons. The average molecular weight is 453 g/mol. The minimum atomic E-state index is -0.157. The Morgan fingerprint density at radius 1 is 1.19 bits per heavy atom. The van der Waals surface area contributed by atoms with E-state index in [0.717, 1.165) is 29.1 Å². The number of anilines is 2. The number of benzene rings is 2. The highest BCUT2D eigenvalue weighted by Gasteiger charge is 2.25. The van der Waals surface area contributed by atoms with Gasteiger partial charge in [0.25, 0.3) is 0 Å². The maximum Gasteiger partial charge on any atom is 0.228 e. The minimum absolute atomic E-state index is 0.0626. The standard InChI is InChI=1S/C24H25ClN4O3/c1-15-20(16(2)29(27-15)19-9-6-17(25)7-10-19)14-23(30)26-18-8-11-22(32-3)21(13-18)28-12-4-5-24(28)31/h6-11,13H,4-5,12,14H2,1-3H3,(H,26,30). The Labute approximate surface area is 191 Å². The molecule has 0 spiro atoms. The van der Waals surface area contributed by atoms with Crippen molar-refractivity contribution in [1.82, 2.24) is 9.78 Å². The molecule has 166 valence electrons. The van der Waals surface area contributed by atoms with E-state index in [1.165, 1.54) is 0 Å². The van der Waals surface area contributed by atoms with E-state index < -0.39 is 0 Å². The van der Waals surface area contributed by atoms with Crippen LogP contribution in [0.3, 0.4) is 0 Å². The number of aryl methyl sites for hydroxylation is 1. The summed E-state index contributed by atoms with van der Waals surface area (Å²) in [6.45, 7) is 4.49. The third-order valence-electron chi connectivity index (χ3n) is 5.68. The Balaban J connectivity index is 1.53. The smallest absolute Gasteiger partial charge is 0.228 e. The van der Waals surface area contributed by atoms with Crippen molar-refractivity contribution in [3.63, 3.8) is 0 Å². The molecule has 1 fully saturated rings. The monoisotopic (exact) mass is 452 g/mol. The Bertz CT molecular complexity index is 1170. The zero-order valence-electron chi connectivity index (χ0n) is 18.3. The fraction of sp³-hybridized carbons (Fsp3) is 0.292. The maximum atomic E-state index is 12.9. The summed E-state index contributed by atoms with van der Waals surface area (Å²) < 4.78 is 7.24. The first-order valence-electron chi connectivity index (χ1n) is 10.5. The number of nitrogens with zero attached hydrogens (tertiary/aromatic N) is 3. The molecule has 2 heterocycles. The number of rotatable bonds is 6. The first-order valence-corrected chi connectivity index (χ1v) is 10.8. The minimum Gasteiger partial charge on any atom is -0.495 e. The second-order valence-electron chi connectivity index (χ2n) is 7.80. The molecule has 1 aliphatic rings. The highest BCUT2D eigenvalue weighted by Crippen LogP contribution is 2.34. The third-order valence-corrected chi connectivity index (χ3v) is 5.93. The molecule has 1 aromatic heterocycles. The largest absolute Gasteiger partial charge is 0.495 e. The van der Waals surface area contributed by atoms with Gasteiger partial charge in [-0.05, 0) is 62.7 Å². The average Bonchev–Trinajstić information content (AvgIpc) is 3.32. The van der Waals surface area contributed by atoms with Crippen molar-refractivity contribution in [1.29, 1.82) is 0 Å². The SMILES string of the molecule is COc1ccc(NC(=O)Cc2c(C)nn(-c3ccc(Cl)cc3)c2C)cc1N1CCCC1=O. The van der Waals surface area contributed by atoms with Gasteiger partial charge in [-0.3, -0.25) is 9.59 Å². The number of aromatic nitrogens is 2. The molecule has 0 bridgehead atoms. The Kier molecular flexibility index (Phi) is 6.19. The number of hydrogen-bond donors (Lipinski definition) is 1. The molecule has 8 heteroatoms. The molecule has 0 saturated carbocycles. The first-order chi connectivity index (χ1) is 15.4. The van der Waals surface area contributed by atoms with Crippen molar-refractivity contribution in [2.75, 3.05) is 23.9 Å². The van der Waals surface area contributed by atoms with Gasteiger partial charge in [-0.25, -0.2) is 4.68 Å². The number of carbonyl (C=O) groups excluding carboxylic acids is 2. The summed E-state index contributed by atoms with van der Waals surface area (Å²) in [6, 6.07) is 12.7. The maximum absolute atomic E-state index is 12.9. The van der Waals surface area contributed by atoms with Gasteiger partial charge in [0, 0.05) is 34.9 Å². The van der Waals surface area contributed by atoms with Crippen LogP contribution in [0.5, 0.6) is 5.75 Å². The molecule has 0 atom stereocenters. The summed E-state index contributed by atoms with van der Waals surface area (Å²) in [5.41, 5.74) is 4.75. The second-order valence-corrected chi connectivity index (χ2v) is 8.23. The van der Waals surface area contributed by atoms with Gasteiger partial charge < -0.3 is 15.0 Å². The fourth-order valence-electron chi connectivity index (χ4n) is 4.01. The number of nitrogens with one attached hydrogen (secondary N) is 1. The lowest BCUT2D eigenvalue weighted by Gasteiger charge is -2.20. The molecular formula is C24H25ClN4O3. The molecule has 4 rings (SSSR count). The van der Waals surface area contributed by atoms with E-state index in [2.05, 4.69) is 10.4 Å². The normalized spacial score (nSPS) is 13.5. The fourth-order valence-corrected chi connectivity index (χ4v) is 4.14. The summed E-state index contributed by atoms with van der Waals surface area (Å²) in [5, 5.41) is 8.20. The van der Waals surface area contributed by atoms with Crippen LogP contribution >= 0.6 is 11.6 Å².